The van der Waals surface area contributed by atoms with Gasteiger partial charge in [0, 0.05) is 19.7 Å². The van der Waals surface area contributed by atoms with Gasteiger partial charge in [0.15, 0.2) is 0 Å². The van der Waals surface area contributed by atoms with Crippen molar-refractivity contribution >= 4 is 5.91 Å². The Morgan fingerprint density at radius 1 is 1.53 bits per heavy atom. The number of ether oxygens (including phenoxy) is 1. The zero-order chi connectivity index (χ0) is 11.1. The standard InChI is InChI=1S/C11H21NO3/c1-2-3-5-12(6-7-13)11(14)10-4-8-15-9-10/h10,13H,2-9H2,1H3. The topological polar surface area (TPSA) is 49.8 Å². The summed E-state index contributed by atoms with van der Waals surface area (Å²) < 4.78 is 5.20. The van der Waals surface area contributed by atoms with E-state index in [0.29, 0.717) is 19.8 Å². The maximum Gasteiger partial charge on any atom is 0.228 e. The van der Waals surface area contributed by atoms with Gasteiger partial charge in [-0.2, -0.15) is 0 Å². The fourth-order valence-corrected chi connectivity index (χ4v) is 1.79. The molecule has 4 heteroatoms. The molecule has 0 aromatic carbocycles. The minimum absolute atomic E-state index is 0.0217. The summed E-state index contributed by atoms with van der Waals surface area (Å²) in [6, 6.07) is 0. The second-order valence-corrected chi connectivity index (χ2v) is 3.96. The summed E-state index contributed by atoms with van der Waals surface area (Å²) >= 11 is 0. The van der Waals surface area contributed by atoms with Gasteiger partial charge in [0.1, 0.15) is 0 Å². The molecule has 4 nitrogen and oxygen atoms in total. The van der Waals surface area contributed by atoms with E-state index in [1.165, 1.54) is 0 Å². The number of nitrogens with zero attached hydrogens (tertiary/aromatic N) is 1. The third-order valence-electron chi connectivity index (χ3n) is 2.74. The molecule has 1 unspecified atom stereocenters. The quantitative estimate of drug-likeness (QED) is 0.707. The van der Waals surface area contributed by atoms with Crippen molar-refractivity contribution in [2.45, 2.75) is 26.2 Å². The van der Waals surface area contributed by atoms with Crippen LogP contribution in [0.25, 0.3) is 0 Å². The fraction of sp³-hybridized carbons (Fsp3) is 0.909. The van der Waals surface area contributed by atoms with E-state index in [1.54, 1.807) is 4.90 Å². The number of carbonyl (C=O) groups is 1. The Kier molecular flexibility index (Phi) is 5.65. The maximum absolute atomic E-state index is 12.0. The smallest absolute Gasteiger partial charge is 0.228 e. The molecule has 15 heavy (non-hydrogen) atoms. The first-order valence-corrected chi connectivity index (χ1v) is 5.77. The number of hydrogen-bond donors (Lipinski definition) is 1. The molecule has 0 saturated carbocycles. The van der Waals surface area contributed by atoms with Gasteiger partial charge in [-0.05, 0) is 12.8 Å². The number of rotatable bonds is 6. The summed E-state index contributed by atoms with van der Waals surface area (Å²) in [5.74, 6) is 0.170. The Balaban J connectivity index is 2.41. The normalized spacial score (nSPS) is 20.5. The van der Waals surface area contributed by atoms with Crippen molar-refractivity contribution in [2.75, 3.05) is 32.9 Å². The predicted molar refractivity (Wildman–Crippen MR) is 57.5 cm³/mol. The monoisotopic (exact) mass is 215 g/mol. The first-order chi connectivity index (χ1) is 7.29. The maximum atomic E-state index is 12.0. The van der Waals surface area contributed by atoms with Crippen molar-refractivity contribution in [3.63, 3.8) is 0 Å². The molecule has 1 aliphatic heterocycles. The molecule has 1 rings (SSSR count). The molecule has 0 spiro atoms. The molecule has 1 atom stereocenters. The molecule has 0 bridgehead atoms. The highest BCUT2D eigenvalue weighted by Gasteiger charge is 2.27. The molecule has 1 fully saturated rings. The fourth-order valence-electron chi connectivity index (χ4n) is 1.79. The number of aliphatic hydroxyl groups excluding tert-OH is 1. The molecule has 1 aliphatic rings. The second kappa shape index (κ2) is 6.80. The summed E-state index contributed by atoms with van der Waals surface area (Å²) in [7, 11) is 0. The van der Waals surface area contributed by atoms with E-state index < -0.39 is 0 Å². The first kappa shape index (κ1) is 12.5. The minimum Gasteiger partial charge on any atom is -0.395 e. The summed E-state index contributed by atoms with van der Waals surface area (Å²) in [6.07, 6.45) is 2.89. The first-order valence-electron chi connectivity index (χ1n) is 5.77. The predicted octanol–water partition coefficient (Wildman–Crippen LogP) is 0.644. The highest BCUT2D eigenvalue weighted by molar-refractivity contribution is 5.79. The summed E-state index contributed by atoms with van der Waals surface area (Å²) in [5.41, 5.74) is 0. The van der Waals surface area contributed by atoms with Gasteiger partial charge in [0.2, 0.25) is 5.91 Å². The molecule has 1 N–H and O–H groups in total. The van der Waals surface area contributed by atoms with Crippen molar-refractivity contribution < 1.29 is 14.6 Å². The molecule has 1 heterocycles. The van der Waals surface area contributed by atoms with Gasteiger partial charge in [0.25, 0.3) is 0 Å². The van der Waals surface area contributed by atoms with Gasteiger partial charge in [-0.15, -0.1) is 0 Å². The number of hydrogen-bond acceptors (Lipinski definition) is 3. The SMILES string of the molecule is CCCCN(CCO)C(=O)C1CCOC1. The van der Waals surface area contributed by atoms with Crippen LogP contribution in [0.2, 0.25) is 0 Å². The number of carbonyl (C=O) groups excluding carboxylic acids is 1. The Bertz CT molecular complexity index is 190. The molecular weight excluding hydrogens is 194 g/mol. The van der Waals surface area contributed by atoms with Crippen LogP contribution in [0.5, 0.6) is 0 Å². The lowest BCUT2D eigenvalue weighted by atomic mass is 10.1. The van der Waals surface area contributed by atoms with Crippen molar-refractivity contribution in [2.24, 2.45) is 5.92 Å². The van der Waals surface area contributed by atoms with E-state index in [0.717, 1.165) is 25.8 Å². The van der Waals surface area contributed by atoms with E-state index in [-0.39, 0.29) is 18.4 Å². The number of aliphatic hydroxyl groups is 1. The van der Waals surface area contributed by atoms with Crippen LogP contribution in [0.4, 0.5) is 0 Å². The molecular formula is C11H21NO3. The zero-order valence-corrected chi connectivity index (χ0v) is 9.45. The molecule has 0 aromatic rings. The van der Waals surface area contributed by atoms with Gasteiger partial charge in [-0.3, -0.25) is 4.79 Å². The van der Waals surface area contributed by atoms with Crippen LogP contribution < -0.4 is 0 Å². The Hall–Kier alpha value is -0.610. The largest absolute Gasteiger partial charge is 0.395 e. The molecule has 0 aliphatic carbocycles. The van der Waals surface area contributed by atoms with Crippen LogP contribution in [0, 0.1) is 5.92 Å². The Morgan fingerprint density at radius 2 is 2.33 bits per heavy atom. The van der Waals surface area contributed by atoms with Crippen LogP contribution in [-0.2, 0) is 9.53 Å². The lowest BCUT2D eigenvalue weighted by Gasteiger charge is -2.24. The van der Waals surface area contributed by atoms with Crippen molar-refractivity contribution in [3.8, 4) is 0 Å². The van der Waals surface area contributed by atoms with Crippen LogP contribution >= 0.6 is 0 Å². The highest BCUT2D eigenvalue weighted by atomic mass is 16.5. The lowest BCUT2D eigenvalue weighted by Crippen LogP contribution is -2.39. The molecule has 1 amide bonds. The lowest BCUT2D eigenvalue weighted by molar-refractivity contribution is -0.136. The van der Waals surface area contributed by atoms with Gasteiger partial charge >= 0.3 is 0 Å². The van der Waals surface area contributed by atoms with Crippen LogP contribution in [0.1, 0.15) is 26.2 Å². The van der Waals surface area contributed by atoms with Crippen LogP contribution in [-0.4, -0.2) is 48.8 Å². The van der Waals surface area contributed by atoms with Crippen LogP contribution in [0.3, 0.4) is 0 Å². The van der Waals surface area contributed by atoms with E-state index >= 15 is 0 Å². The Labute approximate surface area is 91.2 Å². The van der Waals surface area contributed by atoms with Crippen molar-refractivity contribution in [1.29, 1.82) is 0 Å². The number of unbranched alkanes of at least 4 members (excludes halogenated alkanes) is 1. The Morgan fingerprint density at radius 3 is 2.87 bits per heavy atom. The van der Waals surface area contributed by atoms with Gasteiger partial charge in [-0.25, -0.2) is 0 Å². The molecule has 88 valence electrons. The summed E-state index contributed by atoms with van der Waals surface area (Å²) in [6.45, 7) is 4.59. The average Bonchev–Trinajstić information content (AvgIpc) is 2.76. The molecule has 0 aromatic heterocycles. The third kappa shape index (κ3) is 3.80. The molecule has 0 radical (unpaired) electrons. The number of amides is 1. The second-order valence-electron chi connectivity index (χ2n) is 3.96. The minimum atomic E-state index is 0.0217. The van der Waals surface area contributed by atoms with Gasteiger partial charge < -0.3 is 14.7 Å². The van der Waals surface area contributed by atoms with Crippen molar-refractivity contribution in [1.82, 2.24) is 4.90 Å². The molecule has 1 saturated heterocycles. The van der Waals surface area contributed by atoms with E-state index in [2.05, 4.69) is 6.92 Å². The van der Waals surface area contributed by atoms with E-state index in [9.17, 15) is 4.79 Å². The van der Waals surface area contributed by atoms with Crippen LogP contribution in [0.15, 0.2) is 0 Å². The summed E-state index contributed by atoms with van der Waals surface area (Å²) in [5, 5.41) is 8.90. The zero-order valence-electron chi connectivity index (χ0n) is 9.45. The van der Waals surface area contributed by atoms with Gasteiger partial charge in [0.05, 0.1) is 19.1 Å². The van der Waals surface area contributed by atoms with Crippen molar-refractivity contribution in [3.05, 3.63) is 0 Å². The van der Waals surface area contributed by atoms with E-state index in [4.69, 9.17) is 9.84 Å². The van der Waals surface area contributed by atoms with Gasteiger partial charge in [-0.1, -0.05) is 13.3 Å². The third-order valence-corrected chi connectivity index (χ3v) is 2.74. The summed E-state index contributed by atoms with van der Waals surface area (Å²) in [4.78, 5) is 13.7. The highest BCUT2D eigenvalue weighted by Crippen LogP contribution is 2.15. The van der Waals surface area contributed by atoms with E-state index in [1.807, 2.05) is 0 Å². The average molecular weight is 215 g/mol.